The molecule has 0 amide bonds. The Morgan fingerprint density at radius 1 is 1.22 bits per heavy atom. The van der Waals surface area contributed by atoms with E-state index in [-0.39, 0.29) is 6.10 Å². The van der Waals surface area contributed by atoms with Gasteiger partial charge in [-0.15, -0.1) is 0 Å². The second kappa shape index (κ2) is 4.56. The van der Waals surface area contributed by atoms with Gasteiger partial charge in [0.1, 0.15) is 0 Å². The molecule has 0 spiro atoms. The monoisotopic (exact) mass is 247 g/mol. The van der Waals surface area contributed by atoms with Crippen LogP contribution in [0.5, 0.6) is 0 Å². The molecule has 0 radical (unpaired) electrons. The van der Waals surface area contributed by atoms with Crippen LogP contribution in [-0.2, 0) is 0 Å². The number of aliphatic hydroxyl groups excluding tert-OH is 2. The van der Waals surface area contributed by atoms with E-state index in [1.807, 2.05) is 25.1 Å². The Labute approximate surface area is 108 Å². The predicted octanol–water partition coefficient (Wildman–Crippen LogP) is 1.95. The normalized spacial score (nSPS) is 32.6. The topological polar surface area (TPSA) is 43.7 Å². The average Bonchev–Trinajstić information content (AvgIpc) is 2.92. The van der Waals surface area contributed by atoms with Crippen molar-refractivity contribution in [3.8, 4) is 0 Å². The molecule has 1 saturated carbocycles. The van der Waals surface area contributed by atoms with E-state index >= 15 is 0 Å². The van der Waals surface area contributed by atoms with Crippen molar-refractivity contribution in [3.63, 3.8) is 0 Å². The zero-order valence-corrected chi connectivity index (χ0v) is 10.8. The third-order valence-corrected chi connectivity index (χ3v) is 4.55. The molecule has 1 heterocycles. The third kappa shape index (κ3) is 1.91. The number of para-hydroxylation sites is 1. The highest BCUT2D eigenvalue weighted by Crippen LogP contribution is 2.41. The minimum atomic E-state index is -0.438. The largest absolute Gasteiger partial charge is 0.393 e. The van der Waals surface area contributed by atoms with Gasteiger partial charge >= 0.3 is 0 Å². The van der Waals surface area contributed by atoms with Crippen molar-refractivity contribution < 1.29 is 10.2 Å². The van der Waals surface area contributed by atoms with Crippen LogP contribution in [0.15, 0.2) is 24.3 Å². The molecule has 0 aromatic heterocycles. The SMILES string of the molecule is CC(O)c1ccccc1N1CC2CCC(O)C2C1. The number of hydrogen-bond acceptors (Lipinski definition) is 3. The molecule has 1 aliphatic carbocycles. The molecule has 18 heavy (non-hydrogen) atoms. The molecule has 1 aromatic carbocycles. The molecule has 98 valence electrons. The van der Waals surface area contributed by atoms with Crippen LogP contribution in [0.4, 0.5) is 5.69 Å². The first-order valence-electron chi connectivity index (χ1n) is 6.87. The van der Waals surface area contributed by atoms with Crippen LogP contribution in [0.3, 0.4) is 0 Å². The Morgan fingerprint density at radius 2 is 2.00 bits per heavy atom. The van der Waals surface area contributed by atoms with Gasteiger partial charge in [0, 0.05) is 30.3 Å². The first kappa shape index (κ1) is 12.0. The minimum Gasteiger partial charge on any atom is -0.393 e. The van der Waals surface area contributed by atoms with Crippen LogP contribution in [0, 0.1) is 11.8 Å². The van der Waals surface area contributed by atoms with E-state index in [2.05, 4.69) is 11.0 Å². The standard InChI is InChI=1S/C15H21NO2/c1-10(17)12-4-2-3-5-14(12)16-8-11-6-7-15(18)13(11)9-16/h2-5,10-11,13,15,17-18H,6-9H2,1H3. The van der Waals surface area contributed by atoms with E-state index in [1.54, 1.807) is 0 Å². The van der Waals surface area contributed by atoms with E-state index in [9.17, 15) is 10.2 Å². The first-order chi connectivity index (χ1) is 8.66. The lowest BCUT2D eigenvalue weighted by atomic mass is 10.00. The van der Waals surface area contributed by atoms with Crippen molar-refractivity contribution >= 4 is 5.69 Å². The number of anilines is 1. The smallest absolute Gasteiger partial charge is 0.0781 e. The summed E-state index contributed by atoms with van der Waals surface area (Å²) < 4.78 is 0. The van der Waals surface area contributed by atoms with Crippen molar-refractivity contribution in [1.29, 1.82) is 0 Å². The number of fused-ring (bicyclic) bond motifs is 1. The van der Waals surface area contributed by atoms with Gasteiger partial charge in [0.05, 0.1) is 12.2 Å². The summed E-state index contributed by atoms with van der Waals surface area (Å²) in [7, 11) is 0. The lowest BCUT2D eigenvalue weighted by molar-refractivity contribution is 0.133. The fourth-order valence-corrected chi connectivity index (χ4v) is 3.56. The van der Waals surface area contributed by atoms with E-state index in [0.29, 0.717) is 11.8 Å². The maximum atomic E-state index is 9.97. The summed E-state index contributed by atoms with van der Waals surface area (Å²) in [5, 5.41) is 19.8. The maximum Gasteiger partial charge on any atom is 0.0781 e. The van der Waals surface area contributed by atoms with Crippen LogP contribution < -0.4 is 4.90 Å². The van der Waals surface area contributed by atoms with Gasteiger partial charge in [-0.05, 0) is 31.7 Å². The molecule has 1 aromatic rings. The molecular weight excluding hydrogens is 226 g/mol. The highest BCUT2D eigenvalue weighted by atomic mass is 16.3. The second-order valence-electron chi connectivity index (χ2n) is 5.71. The van der Waals surface area contributed by atoms with Gasteiger partial charge in [0.15, 0.2) is 0 Å². The van der Waals surface area contributed by atoms with Gasteiger partial charge in [-0.2, -0.15) is 0 Å². The van der Waals surface area contributed by atoms with Crippen molar-refractivity contribution in [1.82, 2.24) is 0 Å². The lowest BCUT2D eigenvalue weighted by Crippen LogP contribution is -2.25. The number of hydrogen-bond donors (Lipinski definition) is 2. The average molecular weight is 247 g/mol. The molecule has 4 atom stereocenters. The second-order valence-corrected chi connectivity index (χ2v) is 5.71. The quantitative estimate of drug-likeness (QED) is 0.839. The molecule has 3 rings (SSSR count). The summed E-state index contributed by atoms with van der Waals surface area (Å²) in [6.07, 6.45) is 1.53. The van der Waals surface area contributed by atoms with E-state index in [1.165, 1.54) is 0 Å². The first-order valence-corrected chi connectivity index (χ1v) is 6.87. The number of aliphatic hydroxyl groups is 2. The van der Waals surface area contributed by atoms with Crippen molar-refractivity contribution in [2.24, 2.45) is 11.8 Å². The maximum absolute atomic E-state index is 9.97. The molecule has 2 fully saturated rings. The van der Waals surface area contributed by atoms with Gasteiger partial charge in [-0.1, -0.05) is 18.2 Å². The van der Waals surface area contributed by atoms with Crippen molar-refractivity contribution in [2.45, 2.75) is 32.0 Å². The molecular formula is C15H21NO2. The van der Waals surface area contributed by atoms with E-state index in [4.69, 9.17) is 0 Å². The van der Waals surface area contributed by atoms with Gasteiger partial charge in [-0.3, -0.25) is 0 Å². The van der Waals surface area contributed by atoms with Crippen LogP contribution in [0.1, 0.15) is 31.4 Å². The summed E-state index contributed by atoms with van der Waals surface area (Å²) in [4.78, 5) is 2.33. The van der Waals surface area contributed by atoms with Gasteiger partial charge in [-0.25, -0.2) is 0 Å². The van der Waals surface area contributed by atoms with Gasteiger partial charge in [0.25, 0.3) is 0 Å². The molecule has 3 heteroatoms. The summed E-state index contributed by atoms with van der Waals surface area (Å²) in [5.74, 6) is 1.05. The molecule has 4 unspecified atom stereocenters. The Bertz CT molecular complexity index is 432. The number of benzene rings is 1. The highest BCUT2D eigenvalue weighted by molar-refractivity contribution is 5.55. The Hall–Kier alpha value is -1.06. The van der Waals surface area contributed by atoms with Crippen LogP contribution in [0.2, 0.25) is 0 Å². The van der Waals surface area contributed by atoms with Gasteiger partial charge in [0.2, 0.25) is 0 Å². The van der Waals surface area contributed by atoms with E-state index < -0.39 is 6.10 Å². The zero-order valence-electron chi connectivity index (χ0n) is 10.8. The minimum absolute atomic E-state index is 0.126. The van der Waals surface area contributed by atoms with Crippen molar-refractivity contribution in [2.75, 3.05) is 18.0 Å². The Morgan fingerprint density at radius 3 is 2.72 bits per heavy atom. The number of nitrogens with zero attached hydrogens (tertiary/aromatic N) is 1. The molecule has 3 nitrogen and oxygen atoms in total. The summed E-state index contributed by atoms with van der Waals surface area (Å²) in [6, 6.07) is 8.06. The summed E-state index contributed by atoms with van der Waals surface area (Å²) >= 11 is 0. The predicted molar refractivity (Wildman–Crippen MR) is 71.5 cm³/mol. The molecule has 1 aliphatic heterocycles. The van der Waals surface area contributed by atoms with Crippen LogP contribution >= 0.6 is 0 Å². The fourth-order valence-electron chi connectivity index (χ4n) is 3.56. The number of rotatable bonds is 2. The molecule has 2 N–H and O–H groups in total. The summed E-state index contributed by atoms with van der Waals surface area (Å²) in [5.41, 5.74) is 2.13. The lowest BCUT2D eigenvalue weighted by Gasteiger charge is -2.24. The van der Waals surface area contributed by atoms with Crippen molar-refractivity contribution in [3.05, 3.63) is 29.8 Å². The zero-order chi connectivity index (χ0) is 12.7. The molecule has 0 bridgehead atoms. The molecule has 2 aliphatic rings. The molecule has 1 saturated heterocycles. The fraction of sp³-hybridized carbons (Fsp3) is 0.600. The highest BCUT2D eigenvalue weighted by Gasteiger charge is 2.42. The Balaban J connectivity index is 1.85. The van der Waals surface area contributed by atoms with E-state index in [0.717, 1.165) is 37.2 Å². The summed E-state index contributed by atoms with van der Waals surface area (Å²) in [6.45, 7) is 3.76. The van der Waals surface area contributed by atoms with Crippen LogP contribution in [-0.4, -0.2) is 29.4 Å². The van der Waals surface area contributed by atoms with Gasteiger partial charge < -0.3 is 15.1 Å². The third-order valence-electron chi connectivity index (χ3n) is 4.55. The van der Waals surface area contributed by atoms with Crippen LogP contribution in [0.25, 0.3) is 0 Å². The Kier molecular flexibility index (Phi) is 3.04.